The van der Waals surface area contributed by atoms with Gasteiger partial charge in [0.2, 0.25) is 0 Å². The van der Waals surface area contributed by atoms with Crippen molar-refractivity contribution in [3.63, 3.8) is 0 Å². The zero-order chi connectivity index (χ0) is 12.2. The molecule has 0 aromatic rings. The van der Waals surface area contributed by atoms with Crippen molar-refractivity contribution < 1.29 is 9.53 Å². The summed E-state index contributed by atoms with van der Waals surface area (Å²) in [6, 6.07) is 0. The highest BCUT2D eigenvalue weighted by Gasteiger charge is 2.01. The van der Waals surface area contributed by atoms with Crippen LogP contribution in [0.25, 0.3) is 0 Å². The molecule has 0 atom stereocenters. The topological polar surface area (TPSA) is 26.3 Å². The standard InChI is InChI=1S/C14H26O2.CH4/c1-4-5-6-7-8-9-10-11-12-16-14(15)13(2)3;/h2,4-12H2,1,3H3;1H4. The summed E-state index contributed by atoms with van der Waals surface area (Å²) in [6.07, 6.45) is 10.1. The maximum absolute atomic E-state index is 11.0. The predicted molar refractivity (Wildman–Crippen MR) is 75.1 cm³/mol. The third-order valence-corrected chi connectivity index (χ3v) is 2.58. The lowest BCUT2D eigenvalue weighted by Gasteiger charge is -2.04. The first-order valence-electron chi connectivity index (χ1n) is 6.51. The molecule has 2 nitrogen and oxygen atoms in total. The molecular formula is C15H30O2. The van der Waals surface area contributed by atoms with E-state index in [0.29, 0.717) is 12.2 Å². The second-order valence-corrected chi connectivity index (χ2v) is 4.39. The highest BCUT2D eigenvalue weighted by atomic mass is 16.5. The molecule has 0 bridgehead atoms. The molecule has 0 aliphatic carbocycles. The molecule has 0 spiro atoms. The zero-order valence-electron chi connectivity index (χ0n) is 10.9. The number of esters is 1. The molecule has 102 valence electrons. The van der Waals surface area contributed by atoms with E-state index in [4.69, 9.17) is 4.74 Å². The Morgan fingerprint density at radius 1 is 1.00 bits per heavy atom. The summed E-state index contributed by atoms with van der Waals surface area (Å²) in [4.78, 5) is 11.0. The van der Waals surface area contributed by atoms with Crippen LogP contribution in [0, 0.1) is 0 Å². The van der Waals surface area contributed by atoms with Gasteiger partial charge < -0.3 is 4.74 Å². The number of carbonyl (C=O) groups excluding carboxylic acids is 1. The Balaban J connectivity index is 0. The Morgan fingerprint density at radius 2 is 1.47 bits per heavy atom. The lowest BCUT2D eigenvalue weighted by atomic mass is 10.1. The molecule has 0 aromatic carbocycles. The maximum Gasteiger partial charge on any atom is 0.333 e. The Morgan fingerprint density at radius 3 is 1.94 bits per heavy atom. The van der Waals surface area contributed by atoms with E-state index in [1.807, 2.05) is 0 Å². The van der Waals surface area contributed by atoms with Crippen LogP contribution in [0.3, 0.4) is 0 Å². The van der Waals surface area contributed by atoms with Crippen molar-refractivity contribution in [2.75, 3.05) is 6.61 Å². The van der Waals surface area contributed by atoms with Crippen molar-refractivity contribution in [3.05, 3.63) is 12.2 Å². The molecule has 0 radical (unpaired) electrons. The maximum atomic E-state index is 11.0. The average molecular weight is 242 g/mol. The Bertz CT molecular complexity index is 197. The molecule has 0 unspecified atom stereocenters. The molecule has 0 aliphatic heterocycles. The summed E-state index contributed by atoms with van der Waals surface area (Å²) in [5.74, 6) is -0.261. The Hall–Kier alpha value is -0.790. The summed E-state index contributed by atoms with van der Waals surface area (Å²) in [6.45, 7) is 7.99. The minimum absolute atomic E-state index is 0. The van der Waals surface area contributed by atoms with Gasteiger partial charge in [-0.15, -0.1) is 0 Å². The largest absolute Gasteiger partial charge is 0.462 e. The molecule has 2 heteroatoms. The molecule has 0 aliphatic rings. The smallest absolute Gasteiger partial charge is 0.333 e. The number of ether oxygens (including phenoxy) is 1. The van der Waals surface area contributed by atoms with E-state index in [2.05, 4.69) is 13.5 Å². The summed E-state index contributed by atoms with van der Waals surface area (Å²) >= 11 is 0. The molecule has 0 aromatic heterocycles. The van der Waals surface area contributed by atoms with Gasteiger partial charge >= 0.3 is 5.97 Å². The first-order valence-corrected chi connectivity index (χ1v) is 6.51. The fourth-order valence-corrected chi connectivity index (χ4v) is 1.52. The van der Waals surface area contributed by atoms with E-state index >= 15 is 0 Å². The van der Waals surface area contributed by atoms with Crippen LogP contribution in [0.1, 0.15) is 72.6 Å². The van der Waals surface area contributed by atoms with E-state index < -0.39 is 0 Å². The molecular weight excluding hydrogens is 212 g/mol. The van der Waals surface area contributed by atoms with Crippen LogP contribution in [0.5, 0.6) is 0 Å². The van der Waals surface area contributed by atoms with E-state index in [9.17, 15) is 4.79 Å². The molecule has 0 saturated carbocycles. The van der Waals surface area contributed by atoms with Gasteiger partial charge in [0.1, 0.15) is 0 Å². The van der Waals surface area contributed by atoms with Crippen LogP contribution in [0.4, 0.5) is 0 Å². The van der Waals surface area contributed by atoms with Gasteiger partial charge in [-0.3, -0.25) is 0 Å². The highest BCUT2D eigenvalue weighted by molar-refractivity contribution is 5.86. The molecule has 0 N–H and O–H groups in total. The van der Waals surface area contributed by atoms with Gasteiger partial charge in [0.05, 0.1) is 6.61 Å². The number of hydrogen-bond donors (Lipinski definition) is 0. The average Bonchev–Trinajstić information content (AvgIpc) is 2.26. The van der Waals surface area contributed by atoms with Crippen LogP contribution in [-0.4, -0.2) is 12.6 Å². The molecule has 0 heterocycles. The second-order valence-electron chi connectivity index (χ2n) is 4.39. The Kier molecular flexibility index (Phi) is 14.5. The molecule has 0 amide bonds. The van der Waals surface area contributed by atoms with Gasteiger partial charge in [0, 0.05) is 5.57 Å². The van der Waals surface area contributed by atoms with E-state index in [0.717, 1.165) is 12.8 Å². The number of rotatable bonds is 10. The van der Waals surface area contributed by atoms with Crippen LogP contribution in [0.2, 0.25) is 0 Å². The molecule has 17 heavy (non-hydrogen) atoms. The summed E-state index contributed by atoms with van der Waals surface area (Å²) in [7, 11) is 0. The van der Waals surface area contributed by atoms with Gasteiger partial charge in [0.15, 0.2) is 0 Å². The quantitative estimate of drug-likeness (QED) is 0.310. The van der Waals surface area contributed by atoms with Crippen molar-refractivity contribution in [3.8, 4) is 0 Å². The van der Waals surface area contributed by atoms with Gasteiger partial charge in [-0.05, 0) is 13.3 Å². The number of unbranched alkanes of at least 4 members (excludes halogenated alkanes) is 7. The monoisotopic (exact) mass is 242 g/mol. The summed E-state index contributed by atoms with van der Waals surface area (Å²) < 4.78 is 5.01. The van der Waals surface area contributed by atoms with Gasteiger partial charge in [-0.2, -0.15) is 0 Å². The lowest BCUT2D eigenvalue weighted by molar-refractivity contribution is -0.139. The van der Waals surface area contributed by atoms with Gasteiger partial charge in [0.25, 0.3) is 0 Å². The normalized spacial score (nSPS) is 9.53. The molecule has 0 rings (SSSR count). The van der Waals surface area contributed by atoms with Crippen molar-refractivity contribution in [1.29, 1.82) is 0 Å². The zero-order valence-corrected chi connectivity index (χ0v) is 10.9. The minimum Gasteiger partial charge on any atom is -0.462 e. The molecule has 0 fully saturated rings. The second kappa shape index (κ2) is 13.3. The van der Waals surface area contributed by atoms with Crippen molar-refractivity contribution in [2.45, 2.75) is 72.6 Å². The van der Waals surface area contributed by atoms with Crippen LogP contribution >= 0.6 is 0 Å². The van der Waals surface area contributed by atoms with Crippen molar-refractivity contribution >= 4 is 5.97 Å². The fraction of sp³-hybridized carbons (Fsp3) is 0.800. The first-order chi connectivity index (χ1) is 7.68. The van der Waals surface area contributed by atoms with Crippen LogP contribution in [-0.2, 0) is 9.53 Å². The highest BCUT2D eigenvalue weighted by Crippen LogP contribution is 2.08. The van der Waals surface area contributed by atoms with Gasteiger partial charge in [-0.1, -0.05) is 65.9 Å². The number of hydrogen-bond acceptors (Lipinski definition) is 2. The third kappa shape index (κ3) is 13.1. The van der Waals surface area contributed by atoms with Crippen LogP contribution in [0.15, 0.2) is 12.2 Å². The van der Waals surface area contributed by atoms with Crippen molar-refractivity contribution in [2.24, 2.45) is 0 Å². The van der Waals surface area contributed by atoms with E-state index in [1.54, 1.807) is 6.92 Å². The summed E-state index contributed by atoms with van der Waals surface area (Å²) in [5, 5.41) is 0. The predicted octanol–water partition coefficient (Wildman–Crippen LogP) is 4.88. The van der Waals surface area contributed by atoms with E-state index in [-0.39, 0.29) is 13.4 Å². The lowest BCUT2D eigenvalue weighted by Crippen LogP contribution is -2.05. The number of carbonyl (C=O) groups is 1. The third-order valence-electron chi connectivity index (χ3n) is 2.58. The summed E-state index contributed by atoms with van der Waals surface area (Å²) in [5.41, 5.74) is 0.486. The SMILES string of the molecule is C.C=C(C)C(=O)OCCCCCCCCCC. The first kappa shape index (κ1) is 18.6. The van der Waals surface area contributed by atoms with Gasteiger partial charge in [-0.25, -0.2) is 4.79 Å². The molecule has 0 saturated heterocycles. The van der Waals surface area contributed by atoms with Crippen molar-refractivity contribution in [1.82, 2.24) is 0 Å². The minimum atomic E-state index is -0.261. The van der Waals surface area contributed by atoms with Crippen LogP contribution < -0.4 is 0 Å². The fourth-order valence-electron chi connectivity index (χ4n) is 1.52. The van der Waals surface area contributed by atoms with E-state index in [1.165, 1.54) is 38.5 Å². The Labute approximate surface area is 107 Å².